The van der Waals surface area contributed by atoms with Crippen LogP contribution in [0.25, 0.3) is 0 Å². The average molecular weight is 944 g/mol. The van der Waals surface area contributed by atoms with Gasteiger partial charge in [0.05, 0.1) is 11.8 Å². The van der Waals surface area contributed by atoms with Crippen molar-refractivity contribution in [1.82, 2.24) is 4.90 Å². The van der Waals surface area contributed by atoms with Crippen LogP contribution in [0.15, 0.2) is 202 Å². The van der Waals surface area contributed by atoms with E-state index in [4.69, 9.17) is 4.99 Å². The van der Waals surface area contributed by atoms with E-state index in [9.17, 15) is 0 Å². The van der Waals surface area contributed by atoms with E-state index in [1.54, 1.807) is 16.1 Å². The van der Waals surface area contributed by atoms with Crippen molar-refractivity contribution in [3.8, 4) is 0 Å². The molecule has 7 aliphatic carbocycles. The maximum Gasteiger partial charge on any atom is 0.151 e. The fourth-order valence-corrected chi connectivity index (χ4v) is 28.7. The number of allylic oxidation sites excluding steroid dienone is 22. The zero-order valence-corrected chi connectivity index (χ0v) is 43.9. The average Bonchev–Trinajstić information content (AvgIpc) is 3.77. The molecule has 2 nitrogen and oxygen atoms in total. The van der Waals surface area contributed by atoms with Crippen LogP contribution in [0.5, 0.6) is 0 Å². The molecule has 2 aromatic rings. The van der Waals surface area contributed by atoms with Crippen molar-refractivity contribution in [3.05, 3.63) is 202 Å². The number of hydrogen-bond acceptors (Lipinski definition) is 2. The van der Waals surface area contributed by atoms with E-state index in [2.05, 4.69) is 189 Å². The van der Waals surface area contributed by atoms with E-state index in [1.165, 1.54) is 106 Å². The standard InChI is InChI=1S/C65H78N2Si2/c1-3-60-61-37-23-24-38-65(61)67(64(60)4-2)51-47-62(49-39-43-58(44-40-49)68(52-25-11-5-12-26-52,53-27-13-6-14-28-53)54-29-15-7-16-30-54)66-63(48-51)50-41-45-59(46-42-50)69(55-31-17-8-18-32-55,56-33-19-9-20-34-56)57-35-21-10-22-36-57/h5-15,17,19,21,23,25-27,29,31,37,39-41,43-45,48,53,56-57,60-62,64-65H,3-4,16,18,20,22,24,28,30,32-36,38,42,46-47H2,1-2H3. The molecule has 9 unspecified atom stereocenters. The first-order valence-electron chi connectivity index (χ1n) is 27.8. The number of nitrogens with zero attached hydrogens (tertiary/aromatic N) is 2. The summed E-state index contributed by atoms with van der Waals surface area (Å²) < 4.78 is 0. The molecule has 11 rings (SSSR count). The fraction of sp³-hybridized carbons (Fsp3) is 0.431. The van der Waals surface area contributed by atoms with Crippen LogP contribution in [-0.4, -0.2) is 38.8 Å². The number of fused-ring (bicyclic) bond motifs is 1. The Morgan fingerprint density at radius 2 is 1.29 bits per heavy atom. The topological polar surface area (TPSA) is 15.6 Å². The Morgan fingerprint density at radius 3 is 1.91 bits per heavy atom. The molecule has 2 aliphatic heterocycles. The molecule has 0 N–H and O–H groups in total. The summed E-state index contributed by atoms with van der Waals surface area (Å²) in [7, 11) is -4.46. The van der Waals surface area contributed by atoms with Gasteiger partial charge < -0.3 is 4.90 Å². The molecule has 4 heteroatoms. The van der Waals surface area contributed by atoms with Gasteiger partial charge in [-0.3, -0.25) is 4.99 Å². The van der Waals surface area contributed by atoms with Crippen molar-refractivity contribution in [2.24, 2.45) is 16.8 Å². The summed E-state index contributed by atoms with van der Waals surface area (Å²) >= 11 is 0. The molecule has 0 saturated carbocycles. The van der Waals surface area contributed by atoms with Gasteiger partial charge in [0.2, 0.25) is 0 Å². The summed E-state index contributed by atoms with van der Waals surface area (Å²) in [6.45, 7) is 4.91. The van der Waals surface area contributed by atoms with Gasteiger partial charge in [0.1, 0.15) is 8.07 Å². The van der Waals surface area contributed by atoms with Crippen LogP contribution >= 0.6 is 0 Å². The van der Waals surface area contributed by atoms with Gasteiger partial charge in [-0.25, -0.2) is 0 Å². The van der Waals surface area contributed by atoms with Gasteiger partial charge in [0.25, 0.3) is 0 Å². The van der Waals surface area contributed by atoms with Crippen LogP contribution < -0.4 is 10.4 Å². The Bertz CT molecular complexity index is 2580. The highest BCUT2D eigenvalue weighted by molar-refractivity contribution is 7.08. The van der Waals surface area contributed by atoms with E-state index < -0.39 is 16.1 Å². The van der Waals surface area contributed by atoms with Gasteiger partial charge >= 0.3 is 0 Å². The minimum absolute atomic E-state index is 0.0916. The van der Waals surface area contributed by atoms with E-state index in [0.29, 0.717) is 29.5 Å². The summed E-state index contributed by atoms with van der Waals surface area (Å²) in [4.78, 5) is 8.91. The summed E-state index contributed by atoms with van der Waals surface area (Å²) in [5.41, 5.74) is 7.73. The van der Waals surface area contributed by atoms with Crippen molar-refractivity contribution in [2.75, 3.05) is 0 Å². The summed E-state index contributed by atoms with van der Waals surface area (Å²) in [6.07, 6.45) is 69.1. The van der Waals surface area contributed by atoms with Crippen molar-refractivity contribution in [1.29, 1.82) is 0 Å². The number of hydrogen-bond donors (Lipinski definition) is 0. The molecule has 0 amide bonds. The van der Waals surface area contributed by atoms with Gasteiger partial charge in [-0.2, -0.15) is 0 Å². The maximum absolute atomic E-state index is 5.92. The zero-order valence-electron chi connectivity index (χ0n) is 41.9. The lowest BCUT2D eigenvalue weighted by molar-refractivity contribution is 0.205. The van der Waals surface area contributed by atoms with Crippen LogP contribution in [0.4, 0.5) is 0 Å². The van der Waals surface area contributed by atoms with Crippen LogP contribution in [0.2, 0.25) is 16.6 Å². The molecular formula is C65H78N2Si2. The number of likely N-dealkylation sites (tertiary alicyclic amines) is 1. The lowest BCUT2D eigenvalue weighted by Crippen LogP contribution is -2.63. The third kappa shape index (κ3) is 8.58. The van der Waals surface area contributed by atoms with Gasteiger partial charge in [-0.05, 0) is 153 Å². The van der Waals surface area contributed by atoms with Gasteiger partial charge in [0.15, 0.2) is 8.07 Å². The smallest absolute Gasteiger partial charge is 0.151 e. The largest absolute Gasteiger partial charge is 0.368 e. The Morgan fingerprint density at radius 1 is 0.580 bits per heavy atom. The monoisotopic (exact) mass is 943 g/mol. The Balaban J connectivity index is 1.01. The van der Waals surface area contributed by atoms with Crippen LogP contribution in [0.3, 0.4) is 0 Å². The number of aliphatic imine (C=N–C) groups is 1. The van der Waals surface area contributed by atoms with E-state index in [1.807, 2.05) is 10.4 Å². The molecule has 1 saturated heterocycles. The van der Waals surface area contributed by atoms with E-state index in [0.717, 1.165) is 43.2 Å². The van der Waals surface area contributed by atoms with E-state index >= 15 is 0 Å². The molecule has 0 spiro atoms. The normalized spacial score (nSPS) is 31.4. The van der Waals surface area contributed by atoms with Crippen LogP contribution in [0.1, 0.15) is 141 Å². The molecule has 0 aromatic heterocycles. The number of rotatable bonds is 13. The Kier molecular flexibility index (Phi) is 14.1. The van der Waals surface area contributed by atoms with E-state index in [-0.39, 0.29) is 6.04 Å². The zero-order chi connectivity index (χ0) is 46.6. The fourth-order valence-electron chi connectivity index (χ4n) is 15.8. The first-order valence-corrected chi connectivity index (χ1v) is 32.0. The first kappa shape index (κ1) is 46.6. The second-order valence-electron chi connectivity index (χ2n) is 22.0. The molecular weight excluding hydrogens is 865 g/mol. The summed E-state index contributed by atoms with van der Waals surface area (Å²) in [5.74, 6) is 1.34. The molecule has 0 bridgehead atoms. The van der Waals surface area contributed by atoms with Crippen molar-refractivity contribution in [2.45, 2.75) is 164 Å². The Hall–Kier alpha value is -4.78. The third-order valence-electron chi connectivity index (χ3n) is 18.8. The number of benzene rings is 2. The lowest BCUT2D eigenvalue weighted by atomic mass is 9.80. The molecule has 9 atom stereocenters. The minimum atomic E-state index is -2.42. The van der Waals surface area contributed by atoms with Gasteiger partial charge in [-0.1, -0.05) is 200 Å². The second-order valence-corrected chi connectivity index (χ2v) is 30.8. The van der Waals surface area contributed by atoms with Crippen molar-refractivity contribution >= 4 is 32.2 Å². The predicted molar refractivity (Wildman–Crippen MR) is 300 cm³/mol. The molecule has 2 heterocycles. The molecule has 1 fully saturated rings. The summed E-state index contributed by atoms with van der Waals surface area (Å²) in [5, 5.41) is 8.46. The molecule has 0 radical (unpaired) electrons. The first-order chi connectivity index (χ1) is 34.1. The minimum Gasteiger partial charge on any atom is -0.368 e. The number of dihydropyridines is 1. The molecule has 9 aliphatic rings. The third-order valence-corrected chi connectivity index (χ3v) is 30.8. The predicted octanol–water partition coefficient (Wildman–Crippen LogP) is 15.8. The van der Waals surface area contributed by atoms with Crippen molar-refractivity contribution < 1.29 is 0 Å². The quantitative estimate of drug-likeness (QED) is 0.144. The molecule has 2 aromatic carbocycles. The van der Waals surface area contributed by atoms with Crippen molar-refractivity contribution in [3.63, 3.8) is 0 Å². The highest BCUT2D eigenvalue weighted by Crippen LogP contribution is 2.56. The summed E-state index contributed by atoms with van der Waals surface area (Å²) in [6, 6.07) is 23.1. The lowest BCUT2D eigenvalue weighted by Gasteiger charge is -2.50. The molecule has 69 heavy (non-hydrogen) atoms. The SMILES string of the molecule is CCC1C2C=CCCC2N(C2=CC(C3=CC=C([Si](C4=CC=CCC4)(C4CC=CCC4)C4CC=CCC4)CC3)=NC(c3ccc([Si](C4=CC=CCC4)(c4ccccc4)C4C=CC=CC4)cc3)C2)C1CC. The highest BCUT2D eigenvalue weighted by Gasteiger charge is 2.53. The maximum atomic E-state index is 5.92. The highest BCUT2D eigenvalue weighted by atomic mass is 28.3. The van der Waals surface area contributed by atoms with Gasteiger partial charge in [0, 0.05) is 30.1 Å². The second kappa shape index (κ2) is 20.9. The Labute approximate surface area is 418 Å². The van der Waals surface area contributed by atoms with Gasteiger partial charge in [-0.15, -0.1) is 0 Å². The molecule has 356 valence electrons. The van der Waals surface area contributed by atoms with Crippen LogP contribution in [0, 0.1) is 11.8 Å². The van der Waals surface area contributed by atoms with Crippen LogP contribution in [-0.2, 0) is 0 Å².